The molecule has 3 heteroatoms. The lowest BCUT2D eigenvalue weighted by molar-refractivity contribution is 0.283. The van der Waals surface area contributed by atoms with Crippen LogP contribution in [-0.4, -0.2) is 11.7 Å². The molecule has 0 atom stereocenters. The van der Waals surface area contributed by atoms with E-state index in [1.807, 2.05) is 0 Å². The summed E-state index contributed by atoms with van der Waals surface area (Å²) in [5.41, 5.74) is 0. The fourth-order valence-electron chi connectivity index (χ4n) is 0.539. The highest BCUT2D eigenvalue weighted by Crippen LogP contribution is 1.95. The van der Waals surface area contributed by atoms with Crippen LogP contribution in [0.5, 0.6) is 0 Å². The lowest BCUT2D eigenvalue weighted by Gasteiger charge is -1.90. The molecule has 0 spiro atoms. The Morgan fingerprint density at radius 2 is 1.78 bits per heavy atom. The van der Waals surface area contributed by atoms with Gasteiger partial charge >= 0.3 is 0 Å². The second kappa shape index (κ2) is 15.7. The quantitative estimate of drug-likeness (QED) is 0.491. The Hall–Kier alpha value is 0.0600. The van der Waals surface area contributed by atoms with Gasteiger partial charge in [0.05, 0.1) is 0 Å². The summed E-state index contributed by atoms with van der Waals surface area (Å²) in [7, 11) is 1.72. The molecule has 0 aromatic rings. The van der Waals surface area contributed by atoms with Crippen molar-refractivity contribution in [1.82, 2.24) is 0 Å². The third-order valence-corrected chi connectivity index (χ3v) is 1.01. The third kappa shape index (κ3) is 18.0. The van der Waals surface area contributed by atoms with Crippen molar-refractivity contribution < 1.29 is 9.67 Å². The van der Waals surface area contributed by atoms with E-state index in [1.165, 1.54) is 19.3 Å². The van der Waals surface area contributed by atoms with Crippen molar-refractivity contribution in [2.45, 2.75) is 32.6 Å². The molecule has 0 radical (unpaired) electrons. The Labute approximate surface area is 58.9 Å². The first kappa shape index (κ1) is 11.8. The van der Waals surface area contributed by atoms with Crippen LogP contribution in [0, 0.1) is 0 Å². The van der Waals surface area contributed by atoms with Crippen molar-refractivity contribution in [2.24, 2.45) is 0 Å². The molecular formula is C6H15O2P. The number of hydrogen-bond acceptors (Lipinski definition) is 2. The van der Waals surface area contributed by atoms with E-state index in [4.69, 9.17) is 9.67 Å². The maximum absolute atomic E-state index is 8.29. The van der Waals surface area contributed by atoms with Gasteiger partial charge in [0.1, 0.15) is 9.12 Å². The van der Waals surface area contributed by atoms with Gasteiger partial charge in [0.2, 0.25) is 0 Å². The molecule has 0 bridgehead atoms. The molecule has 0 aromatic carbocycles. The van der Waals surface area contributed by atoms with Gasteiger partial charge in [-0.1, -0.05) is 26.2 Å². The lowest BCUT2D eigenvalue weighted by Crippen LogP contribution is -1.80. The van der Waals surface area contributed by atoms with Gasteiger partial charge in [-0.05, 0) is 6.42 Å². The van der Waals surface area contributed by atoms with Crippen molar-refractivity contribution in [2.75, 3.05) is 6.61 Å². The normalized spacial score (nSPS) is 7.78. The fraction of sp³-hybridized carbons (Fsp3) is 1.00. The smallest absolute Gasteiger partial charge is 0.138 e. The highest BCUT2D eigenvalue weighted by Gasteiger charge is 1.80. The van der Waals surface area contributed by atoms with E-state index in [0.29, 0.717) is 6.61 Å². The molecular weight excluding hydrogens is 135 g/mol. The van der Waals surface area contributed by atoms with Crippen molar-refractivity contribution in [3.8, 4) is 0 Å². The first-order chi connectivity index (χ1) is 4.41. The van der Waals surface area contributed by atoms with Gasteiger partial charge in [0, 0.05) is 6.61 Å². The standard InChI is InChI=1S/C6H14O.HOP/c1-2-3-4-5-6-7;1-2/h7H,2-6H2,1H3;2H. The van der Waals surface area contributed by atoms with Crippen LogP contribution in [0.2, 0.25) is 0 Å². The maximum atomic E-state index is 8.29. The van der Waals surface area contributed by atoms with E-state index in [-0.39, 0.29) is 0 Å². The zero-order valence-electron chi connectivity index (χ0n) is 5.89. The van der Waals surface area contributed by atoms with E-state index < -0.39 is 0 Å². The van der Waals surface area contributed by atoms with E-state index in [0.717, 1.165) is 6.42 Å². The largest absolute Gasteiger partial charge is 0.396 e. The molecule has 9 heavy (non-hydrogen) atoms. The number of rotatable bonds is 4. The molecule has 1 N–H and O–H groups in total. The summed E-state index contributed by atoms with van der Waals surface area (Å²) in [4.78, 5) is 0. The summed E-state index contributed by atoms with van der Waals surface area (Å²) in [6.45, 7) is 2.53. The van der Waals surface area contributed by atoms with Crippen LogP contribution in [0.4, 0.5) is 0 Å². The zero-order valence-corrected chi connectivity index (χ0v) is 6.89. The van der Waals surface area contributed by atoms with Gasteiger partial charge in [-0.3, -0.25) is 4.57 Å². The Morgan fingerprint density at radius 3 is 2.11 bits per heavy atom. The molecule has 0 aromatic heterocycles. The minimum atomic E-state index is 0.361. The maximum Gasteiger partial charge on any atom is 0.138 e. The minimum absolute atomic E-state index is 0.361. The molecule has 0 fully saturated rings. The summed E-state index contributed by atoms with van der Waals surface area (Å²) in [5.74, 6) is 0. The predicted octanol–water partition coefficient (Wildman–Crippen LogP) is 2.03. The molecule has 56 valence electrons. The number of aliphatic hydroxyl groups is 1. The second-order valence-corrected chi connectivity index (χ2v) is 1.78. The predicted molar refractivity (Wildman–Crippen MR) is 40.2 cm³/mol. The van der Waals surface area contributed by atoms with E-state index in [1.54, 1.807) is 9.12 Å². The van der Waals surface area contributed by atoms with Gasteiger partial charge in [-0.25, -0.2) is 0 Å². The fourth-order valence-corrected chi connectivity index (χ4v) is 0.539. The van der Waals surface area contributed by atoms with E-state index in [2.05, 4.69) is 6.92 Å². The van der Waals surface area contributed by atoms with Gasteiger partial charge in [-0.15, -0.1) is 0 Å². The summed E-state index contributed by atoms with van der Waals surface area (Å²) in [6, 6.07) is 0. The molecule has 0 aliphatic rings. The van der Waals surface area contributed by atoms with Crippen LogP contribution >= 0.6 is 9.12 Å². The molecule has 0 saturated carbocycles. The Kier molecular flexibility index (Phi) is 20.6. The number of hydrogen-bond donors (Lipinski definition) is 1. The van der Waals surface area contributed by atoms with Gasteiger partial charge in [0.25, 0.3) is 0 Å². The summed E-state index contributed by atoms with van der Waals surface area (Å²) >= 11 is 0. The lowest BCUT2D eigenvalue weighted by atomic mass is 10.2. The molecule has 0 heterocycles. The van der Waals surface area contributed by atoms with Crippen LogP contribution in [0.3, 0.4) is 0 Å². The average molecular weight is 150 g/mol. The van der Waals surface area contributed by atoms with Gasteiger partial charge in [-0.2, -0.15) is 0 Å². The molecule has 2 nitrogen and oxygen atoms in total. The first-order valence-electron chi connectivity index (χ1n) is 3.23. The highest BCUT2D eigenvalue weighted by molar-refractivity contribution is 7.00. The Balaban J connectivity index is 0. The monoisotopic (exact) mass is 150 g/mol. The SMILES string of the molecule is CCCCCCO.O=P. The van der Waals surface area contributed by atoms with Crippen LogP contribution in [0.25, 0.3) is 0 Å². The highest BCUT2D eigenvalue weighted by atomic mass is 31.0. The van der Waals surface area contributed by atoms with E-state index >= 15 is 0 Å². The van der Waals surface area contributed by atoms with Crippen molar-refractivity contribution in [3.63, 3.8) is 0 Å². The summed E-state index contributed by atoms with van der Waals surface area (Å²) in [6.07, 6.45) is 4.68. The van der Waals surface area contributed by atoms with Gasteiger partial charge in [0.15, 0.2) is 0 Å². The van der Waals surface area contributed by atoms with Gasteiger partial charge < -0.3 is 5.11 Å². The van der Waals surface area contributed by atoms with Crippen LogP contribution in [0.15, 0.2) is 0 Å². The minimum Gasteiger partial charge on any atom is -0.396 e. The molecule has 0 saturated heterocycles. The molecule has 0 aliphatic heterocycles. The third-order valence-electron chi connectivity index (χ3n) is 1.01. The molecule has 0 unspecified atom stereocenters. The zero-order chi connectivity index (χ0) is 7.54. The summed E-state index contributed by atoms with van der Waals surface area (Å²) in [5, 5.41) is 8.29. The Bertz CT molecular complexity index is 38.0. The average Bonchev–Trinajstić information content (AvgIpc) is 1.94. The van der Waals surface area contributed by atoms with Crippen molar-refractivity contribution in [1.29, 1.82) is 0 Å². The number of unbranched alkanes of at least 4 members (excludes halogenated alkanes) is 3. The molecule has 0 aliphatic carbocycles. The van der Waals surface area contributed by atoms with Crippen molar-refractivity contribution in [3.05, 3.63) is 0 Å². The van der Waals surface area contributed by atoms with Crippen molar-refractivity contribution >= 4 is 9.12 Å². The summed E-state index contributed by atoms with van der Waals surface area (Å²) < 4.78 is 8.06. The van der Waals surface area contributed by atoms with Crippen LogP contribution in [0.1, 0.15) is 32.6 Å². The topological polar surface area (TPSA) is 37.3 Å². The molecule has 0 amide bonds. The van der Waals surface area contributed by atoms with Crippen LogP contribution in [-0.2, 0) is 4.57 Å². The first-order valence-corrected chi connectivity index (χ1v) is 3.64. The second-order valence-electron chi connectivity index (χ2n) is 1.78. The Morgan fingerprint density at radius 1 is 1.22 bits per heavy atom. The number of aliphatic hydroxyl groups excluding tert-OH is 1. The van der Waals surface area contributed by atoms with E-state index in [9.17, 15) is 0 Å². The van der Waals surface area contributed by atoms with Crippen LogP contribution < -0.4 is 0 Å². The molecule has 0 rings (SSSR count).